The second kappa shape index (κ2) is 2.17. The van der Waals surface area contributed by atoms with Crippen LogP contribution in [0.25, 0.3) is 0 Å². The Morgan fingerprint density at radius 2 is 2.30 bits per heavy atom. The molecule has 0 bridgehead atoms. The number of nitrogens with two attached hydrogens (primary N) is 1. The van der Waals surface area contributed by atoms with Crippen LogP contribution in [0.3, 0.4) is 0 Å². The van der Waals surface area contributed by atoms with Gasteiger partial charge in [0.15, 0.2) is 0 Å². The van der Waals surface area contributed by atoms with Crippen LogP contribution in [0, 0.1) is 0 Å². The number of nitrogens with one attached hydrogen (secondary N) is 1. The minimum atomic E-state index is 0.201. The Bertz CT molecular complexity index is 135. The molecule has 0 unspecified atom stereocenters. The van der Waals surface area contributed by atoms with E-state index in [1.165, 1.54) is 0 Å². The van der Waals surface area contributed by atoms with Gasteiger partial charge in [0.05, 0.1) is 18.8 Å². The monoisotopic (exact) mass is 143 g/mol. The Hall–Kier alpha value is -0.160. The predicted octanol–water partition coefficient (Wildman–Crippen LogP) is -1.47. The van der Waals surface area contributed by atoms with Gasteiger partial charge in [-0.1, -0.05) is 0 Å². The average Bonchev–Trinajstić information content (AvgIpc) is 1.85. The van der Waals surface area contributed by atoms with E-state index in [4.69, 9.17) is 10.6 Å². The second-order valence-corrected chi connectivity index (χ2v) is 3.17. The fraction of sp³-hybridized carbons (Fsp3) is 1.00. The van der Waals surface area contributed by atoms with Crippen LogP contribution in [-0.2, 0) is 4.74 Å². The van der Waals surface area contributed by atoms with Crippen molar-refractivity contribution in [2.24, 2.45) is 5.84 Å². The molecule has 2 aliphatic heterocycles. The SMILES string of the molecule is NN1CCNC2(COC2)C1. The lowest BCUT2D eigenvalue weighted by Crippen LogP contribution is -2.71. The van der Waals surface area contributed by atoms with E-state index in [1.807, 2.05) is 5.01 Å². The zero-order valence-electron chi connectivity index (χ0n) is 5.97. The molecule has 0 amide bonds. The highest BCUT2D eigenvalue weighted by Crippen LogP contribution is 2.19. The van der Waals surface area contributed by atoms with Gasteiger partial charge in [0.2, 0.25) is 0 Å². The second-order valence-electron chi connectivity index (χ2n) is 3.17. The van der Waals surface area contributed by atoms with Crippen LogP contribution in [-0.4, -0.2) is 43.4 Å². The third kappa shape index (κ3) is 0.932. The first kappa shape index (κ1) is 6.54. The Morgan fingerprint density at radius 3 is 2.70 bits per heavy atom. The van der Waals surface area contributed by atoms with Crippen LogP contribution in [0.15, 0.2) is 0 Å². The summed E-state index contributed by atoms with van der Waals surface area (Å²) in [6.45, 7) is 4.50. The Morgan fingerprint density at radius 1 is 1.50 bits per heavy atom. The van der Waals surface area contributed by atoms with E-state index in [-0.39, 0.29) is 5.54 Å². The number of hydrogen-bond donors (Lipinski definition) is 2. The summed E-state index contributed by atoms with van der Waals surface area (Å²) in [4.78, 5) is 0. The van der Waals surface area contributed by atoms with Crippen molar-refractivity contribution in [1.29, 1.82) is 0 Å². The lowest BCUT2D eigenvalue weighted by Gasteiger charge is -2.47. The Balaban J connectivity index is 1.96. The molecule has 2 aliphatic rings. The molecule has 2 fully saturated rings. The fourth-order valence-corrected chi connectivity index (χ4v) is 1.53. The van der Waals surface area contributed by atoms with E-state index >= 15 is 0 Å². The number of hydrazine groups is 1. The maximum Gasteiger partial charge on any atom is 0.0796 e. The van der Waals surface area contributed by atoms with Crippen LogP contribution in [0.4, 0.5) is 0 Å². The van der Waals surface area contributed by atoms with Crippen LogP contribution < -0.4 is 11.2 Å². The molecule has 10 heavy (non-hydrogen) atoms. The van der Waals surface area contributed by atoms with Crippen molar-refractivity contribution < 1.29 is 4.74 Å². The van der Waals surface area contributed by atoms with Gasteiger partial charge in [0, 0.05) is 19.6 Å². The molecule has 58 valence electrons. The maximum absolute atomic E-state index is 5.66. The summed E-state index contributed by atoms with van der Waals surface area (Å²) >= 11 is 0. The number of hydrogen-bond acceptors (Lipinski definition) is 4. The molecule has 0 aromatic carbocycles. The summed E-state index contributed by atoms with van der Waals surface area (Å²) in [6.07, 6.45) is 0. The van der Waals surface area contributed by atoms with E-state index < -0.39 is 0 Å². The van der Waals surface area contributed by atoms with Crippen LogP contribution in [0.2, 0.25) is 0 Å². The maximum atomic E-state index is 5.66. The van der Waals surface area contributed by atoms with Gasteiger partial charge in [-0.25, -0.2) is 5.01 Å². The zero-order chi connectivity index (χ0) is 7.03. The molecule has 1 spiro atoms. The van der Waals surface area contributed by atoms with E-state index in [2.05, 4.69) is 5.32 Å². The van der Waals surface area contributed by atoms with Gasteiger partial charge < -0.3 is 10.1 Å². The molecule has 0 radical (unpaired) electrons. The molecular formula is C6H13N3O. The third-order valence-electron chi connectivity index (χ3n) is 2.16. The predicted molar refractivity (Wildman–Crippen MR) is 37.3 cm³/mol. The van der Waals surface area contributed by atoms with Crippen molar-refractivity contribution in [3.8, 4) is 0 Å². The molecule has 0 aliphatic carbocycles. The van der Waals surface area contributed by atoms with E-state index in [0.717, 1.165) is 32.8 Å². The summed E-state index contributed by atoms with van der Waals surface area (Å²) in [5.41, 5.74) is 0.201. The topological polar surface area (TPSA) is 50.5 Å². The van der Waals surface area contributed by atoms with E-state index in [1.54, 1.807) is 0 Å². The summed E-state index contributed by atoms with van der Waals surface area (Å²) < 4.78 is 5.12. The Labute approximate surface area is 60.3 Å². The summed E-state index contributed by atoms with van der Waals surface area (Å²) in [6, 6.07) is 0. The molecule has 0 atom stereocenters. The number of nitrogens with zero attached hydrogens (tertiary/aromatic N) is 1. The van der Waals surface area contributed by atoms with Crippen molar-refractivity contribution in [2.75, 3.05) is 32.8 Å². The van der Waals surface area contributed by atoms with Crippen LogP contribution in [0.5, 0.6) is 0 Å². The van der Waals surface area contributed by atoms with Gasteiger partial charge in [0.25, 0.3) is 0 Å². The zero-order valence-corrected chi connectivity index (χ0v) is 5.97. The molecule has 4 heteroatoms. The molecule has 2 heterocycles. The van der Waals surface area contributed by atoms with Gasteiger partial charge in [-0.05, 0) is 0 Å². The summed E-state index contributed by atoms with van der Waals surface area (Å²) in [7, 11) is 0. The van der Waals surface area contributed by atoms with Crippen molar-refractivity contribution in [1.82, 2.24) is 10.3 Å². The normalized spacial score (nSPS) is 32.1. The van der Waals surface area contributed by atoms with E-state index in [0.29, 0.717) is 0 Å². The van der Waals surface area contributed by atoms with Crippen LogP contribution in [0.1, 0.15) is 0 Å². The van der Waals surface area contributed by atoms with Gasteiger partial charge in [0.1, 0.15) is 0 Å². The largest absolute Gasteiger partial charge is 0.377 e. The van der Waals surface area contributed by atoms with Gasteiger partial charge in [-0.2, -0.15) is 0 Å². The van der Waals surface area contributed by atoms with Crippen LogP contribution >= 0.6 is 0 Å². The smallest absolute Gasteiger partial charge is 0.0796 e. The first-order chi connectivity index (χ1) is 4.81. The number of rotatable bonds is 0. The number of piperazine rings is 1. The van der Waals surface area contributed by atoms with E-state index in [9.17, 15) is 0 Å². The lowest BCUT2D eigenvalue weighted by atomic mass is 9.95. The Kier molecular flexibility index (Phi) is 1.42. The first-order valence-electron chi connectivity index (χ1n) is 3.63. The quantitative estimate of drug-likeness (QED) is 0.407. The third-order valence-corrected chi connectivity index (χ3v) is 2.16. The number of ether oxygens (including phenoxy) is 1. The molecule has 3 N–H and O–H groups in total. The van der Waals surface area contributed by atoms with Crippen molar-refractivity contribution in [3.63, 3.8) is 0 Å². The molecule has 0 saturated carbocycles. The molecule has 2 rings (SSSR count). The highest BCUT2D eigenvalue weighted by molar-refractivity contribution is 4.98. The highest BCUT2D eigenvalue weighted by atomic mass is 16.5. The molecule has 0 aromatic heterocycles. The fourth-order valence-electron chi connectivity index (χ4n) is 1.53. The lowest BCUT2D eigenvalue weighted by molar-refractivity contribution is -0.100. The standard InChI is InChI=1S/C6H13N3O/c7-9-2-1-8-6(3-9)4-10-5-6/h8H,1-5,7H2. The first-order valence-corrected chi connectivity index (χ1v) is 3.63. The highest BCUT2D eigenvalue weighted by Gasteiger charge is 2.41. The summed E-state index contributed by atoms with van der Waals surface area (Å²) in [5, 5.41) is 5.28. The van der Waals surface area contributed by atoms with Gasteiger partial charge in [-0.15, -0.1) is 0 Å². The minimum Gasteiger partial charge on any atom is -0.377 e. The molecular weight excluding hydrogens is 130 g/mol. The molecule has 2 saturated heterocycles. The van der Waals surface area contributed by atoms with Gasteiger partial charge in [-0.3, -0.25) is 5.84 Å². The van der Waals surface area contributed by atoms with Gasteiger partial charge >= 0.3 is 0 Å². The summed E-state index contributed by atoms with van der Waals surface area (Å²) in [5.74, 6) is 5.66. The average molecular weight is 143 g/mol. The molecule has 4 nitrogen and oxygen atoms in total. The minimum absolute atomic E-state index is 0.201. The van der Waals surface area contributed by atoms with Crippen molar-refractivity contribution >= 4 is 0 Å². The van der Waals surface area contributed by atoms with Crippen molar-refractivity contribution in [2.45, 2.75) is 5.54 Å². The van der Waals surface area contributed by atoms with Crippen molar-refractivity contribution in [3.05, 3.63) is 0 Å². The molecule has 0 aromatic rings.